The molecular formula is C13H28O2. The van der Waals surface area contributed by atoms with Crippen molar-refractivity contribution >= 4 is 0 Å². The van der Waals surface area contributed by atoms with Crippen molar-refractivity contribution in [3.8, 4) is 0 Å². The topological polar surface area (TPSA) is 18.5 Å². The van der Waals surface area contributed by atoms with Gasteiger partial charge < -0.3 is 9.47 Å². The molecule has 0 aliphatic carbocycles. The summed E-state index contributed by atoms with van der Waals surface area (Å²) in [6.45, 7) is 11.6. The van der Waals surface area contributed by atoms with Crippen LogP contribution in [0.5, 0.6) is 0 Å². The summed E-state index contributed by atoms with van der Waals surface area (Å²) >= 11 is 0. The summed E-state index contributed by atoms with van der Waals surface area (Å²) in [6.07, 6.45) is 4.13. The average Bonchev–Trinajstić information content (AvgIpc) is 2.28. The maximum atomic E-state index is 5.95. The summed E-state index contributed by atoms with van der Waals surface area (Å²) in [5, 5.41) is 0. The van der Waals surface area contributed by atoms with Gasteiger partial charge in [0.05, 0.1) is 17.8 Å². The summed E-state index contributed by atoms with van der Waals surface area (Å²) in [4.78, 5) is 0. The molecule has 0 aromatic carbocycles. The summed E-state index contributed by atoms with van der Waals surface area (Å²) in [5.74, 6) is 0. The molecule has 1 unspecified atom stereocenters. The first-order valence-electron chi connectivity index (χ1n) is 6.14. The third-order valence-electron chi connectivity index (χ3n) is 3.82. The van der Waals surface area contributed by atoms with Crippen molar-refractivity contribution in [2.45, 2.75) is 71.5 Å². The predicted molar refractivity (Wildman–Crippen MR) is 65.3 cm³/mol. The Bertz CT molecular complexity index is 140. The first kappa shape index (κ1) is 14.9. The van der Waals surface area contributed by atoms with Gasteiger partial charge in [0.15, 0.2) is 0 Å². The van der Waals surface area contributed by atoms with Crippen molar-refractivity contribution in [1.29, 1.82) is 0 Å². The largest absolute Gasteiger partial charge is 0.378 e. The number of rotatable bonds is 8. The molecule has 0 spiro atoms. The zero-order valence-corrected chi connectivity index (χ0v) is 11.4. The molecule has 0 N–H and O–H groups in total. The summed E-state index contributed by atoms with van der Waals surface area (Å²) < 4.78 is 11.4. The first-order valence-corrected chi connectivity index (χ1v) is 6.14. The quantitative estimate of drug-likeness (QED) is 0.614. The molecule has 0 saturated carbocycles. The van der Waals surface area contributed by atoms with Gasteiger partial charge in [-0.2, -0.15) is 0 Å². The molecule has 0 aliphatic rings. The summed E-state index contributed by atoms with van der Waals surface area (Å²) in [5.41, 5.74) is 0.0186. The van der Waals surface area contributed by atoms with Crippen LogP contribution in [0.4, 0.5) is 0 Å². The Balaban J connectivity index is 3.96. The highest BCUT2D eigenvalue weighted by Crippen LogP contribution is 2.23. The van der Waals surface area contributed by atoms with Gasteiger partial charge in [-0.3, -0.25) is 0 Å². The molecule has 0 amide bonds. The Hall–Kier alpha value is -0.0800. The van der Waals surface area contributed by atoms with Crippen molar-refractivity contribution in [1.82, 2.24) is 0 Å². The number of ether oxygens (including phenoxy) is 2. The smallest absolute Gasteiger partial charge is 0.0670 e. The van der Waals surface area contributed by atoms with E-state index in [9.17, 15) is 0 Å². The van der Waals surface area contributed by atoms with Gasteiger partial charge in [-0.1, -0.05) is 20.8 Å². The van der Waals surface area contributed by atoms with Crippen LogP contribution in [0.15, 0.2) is 0 Å². The minimum atomic E-state index is -0.0254. The van der Waals surface area contributed by atoms with Crippen molar-refractivity contribution < 1.29 is 9.47 Å². The van der Waals surface area contributed by atoms with Crippen LogP contribution in [-0.2, 0) is 9.47 Å². The van der Waals surface area contributed by atoms with Gasteiger partial charge in [0.1, 0.15) is 0 Å². The molecule has 1 atom stereocenters. The Morgan fingerprint density at radius 3 is 1.67 bits per heavy atom. The molecule has 0 radical (unpaired) electrons. The highest BCUT2D eigenvalue weighted by atomic mass is 16.5. The summed E-state index contributed by atoms with van der Waals surface area (Å²) in [7, 11) is 1.78. The van der Waals surface area contributed by atoms with Crippen molar-refractivity contribution in [3.05, 3.63) is 0 Å². The normalized spacial score (nSPS) is 16.4. The average molecular weight is 216 g/mol. The fraction of sp³-hybridized carbons (Fsp3) is 1.00. The maximum absolute atomic E-state index is 5.95. The SMILES string of the molecule is CCC(C)(CCOC(C)(CC)CC)OC. The van der Waals surface area contributed by atoms with Gasteiger partial charge in [0.2, 0.25) is 0 Å². The van der Waals surface area contributed by atoms with Gasteiger partial charge in [-0.05, 0) is 39.5 Å². The van der Waals surface area contributed by atoms with Gasteiger partial charge in [-0.25, -0.2) is 0 Å². The standard InChI is InChI=1S/C13H28O2/c1-7-12(4,8-2)15-11-10-13(5,9-3)14-6/h7-11H2,1-6H3. The Morgan fingerprint density at radius 2 is 1.33 bits per heavy atom. The minimum absolute atomic E-state index is 0.0254. The molecule has 0 fully saturated rings. The molecule has 2 nitrogen and oxygen atoms in total. The van der Waals surface area contributed by atoms with Crippen molar-refractivity contribution in [2.75, 3.05) is 13.7 Å². The second-order valence-corrected chi connectivity index (χ2v) is 4.76. The van der Waals surface area contributed by atoms with E-state index in [-0.39, 0.29) is 11.2 Å². The van der Waals surface area contributed by atoms with E-state index in [1.54, 1.807) is 7.11 Å². The van der Waals surface area contributed by atoms with E-state index in [0.29, 0.717) is 0 Å². The molecule has 0 saturated heterocycles. The van der Waals surface area contributed by atoms with E-state index in [0.717, 1.165) is 32.3 Å². The van der Waals surface area contributed by atoms with E-state index in [2.05, 4.69) is 34.6 Å². The Labute approximate surface area is 95.3 Å². The summed E-state index contributed by atoms with van der Waals surface area (Å²) in [6, 6.07) is 0. The lowest BCUT2D eigenvalue weighted by molar-refractivity contribution is -0.0759. The predicted octanol–water partition coefficient (Wildman–Crippen LogP) is 3.79. The number of methoxy groups -OCH3 is 1. The lowest BCUT2D eigenvalue weighted by Crippen LogP contribution is -2.32. The second kappa shape index (κ2) is 6.49. The molecule has 0 aromatic heterocycles. The van der Waals surface area contributed by atoms with E-state index in [1.165, 1.54) is 0 Å². The van der Waals surface area contributed by atoms with E-state index in [4.69, 9.17) is 9.47 Å². The van der Waals surface area contributed by atoms with Gasteiger partial charge in [0.25, 0.3) is 0 Å². The molecule has 0 aromatic rings. The van der Waals surface area contributed by atoms with Crippen LogP contribution in [0.1, 0.15) is 60.3 Å². The molecular weight excluding hydrogens is 188 g/mol. The third-order valence-corrected chi connectivity index (χ3v) is 3.82. The second-order valence-electron chi connectivity index (χ2n) is 4.76. The van der Waals surface area contributed by atoms with Crippen molar-refractivity contribution in [3.63, 3.8) is 0 Å². The molecule has 0 bridgehead atoms. The fourth-order valence-electron chi connectivity index (χ4n) is 1.39. The van der Waals surface area contributed by atoms with Crippen LogP contribution in [0.25, 0.3) is 0 Å². The number of hydrogen-bond acceptors (Lipinski definition) is 2. The first-order chi connectivity index (χ1) is 6.95. The van der Waals surface area contributed by atoms with Crippen LogP contribution in [-0.4, -0.2) is 24.9 Å². The highest BCUT2D eigenvalue weighted by molar-refractivity contribution is 4.75. The zero-order chi connectivity index (χ0) is 11.9. The Kier molecular flexibility index (Phi) is 6.46. The van der Waals surface area contributed by atoms with Crippen LogP contribution >= 0.6 is 0 Å². The van der Waals surface area contributed by atoms with Crippen LogP contribution in [0.3, 0.4) is 0 Å². The maximum Gasteiger partial charge on any atom is 0.0670 e. The lowest BCUT2D eigenvalue weighted by Gasteiger charge is -2.31. The van der Waals surface area contributed by atoms with Crippen LogP contribution in [0.2, 0.25) is 0 Å². The molecule has 15 heavy (non-hydrogen) atoms. The van der Waals surface area contributed by atoms with Gasteiger partial charge in [0, 0.05) is 7.11 Å². The fourth-order valence-corrected chi connectivity index (χ4v) is 1.39. The third kappa shape index (κ3) is 4.98. The molecule has 0 rings (SSSR count). The molecule has 0 aliphatic heterocycles. The van der Waals surface area contributed by atoms with Gasteiger partial charge >= 0.3 is 0 Å². The Morgan fingerprint density at radius 1 is 0.867 bits per heavy atom. The molecule has 92 valence electrons. The van der Waals surface area contributed by atoms with E-state index < -0.39 is 0 Å². The zero-order valence-electron chi connectivity index (χ0n) is 11.4. The number of hydrogen-bond donors (Lipinski definition) is 0. The minimum Gasteiger partial charge on any atom is -0.378 e. The highest BCUT2D eigenvalue weighted by Gasteiger charge is 2.24. The van der Waals surface area contributed by atoms with E-state index in [1.807, 2.05) is 0 Å². The molecule has 2 heteroatoms. The lowest BCUT2D eigenvalue weighted by atomic mass is 9.98. The van der Waals surface area contributed by atoms with E-state index >= 15 is 0 Å². The van der Waals surface area contributed by atoms with Crippen molar-refractivity contribution in [2.24, 2.45) is 0 Å². The monoisotopic (exact) mass is 216 g/mol. The van der Waals surface area contributed by atoms with Crippen LogP contribution < -0.4 is 0 Å². The molecule has 0 heterocycles. The van der Waals surface area contributed by atoms with Gasteiger partial charge in [-0.15, -0.1) is 0 Å². The van der Waals surface area contributed by atoms with Crippen LogP contribution in [0, 0.1) is 0 Å².